The number of nitrogens with zero attached hydrogens (tertiary/aromatic N) is 5. The molecule has 0 fully saturated rings. The molecule has 3 aromatic heterocycles. The molecule has 0 radical (unpaired) electrons. The summed E-state index contributed by atoms with van der Waals surface area (Å²) in [6.45, 7) is 4.31. The van der Waals surface area contributed by atoms with E-state index in [9.17, 15) is 8.42 Å². The predicted octanol–water partition coefficient (Wildman–Crippen LogP) is 3.08. The van der Waals surface area contributed by atoms with E-state index in [1.165, 1.54) is 15.6 Å². The van der Waals surface area contributed by atoms with Gasteiger partial charge >= 0.3 is 0 Å². The van der Waals surface area contributed by atoms with Crippen LogP contribution in [0.25, 0.3) is 21.3 Å². The van der Waals surface area contributed by atoms with Gasteiger partial charge in [0.15, 0.2) is 5.69 Å². The minimum Gasteiger partial charge on any atom is -0.418 e. The summed E-state index contributed by atoms with van der Waals surface area (Å²) >= 11 is 1.41. The van der Waals surface area contributed by atoms with Crippen LogP contribution < -0.4 is 4.31 Å². The van der Waals surface area contributed by atoms with E-state index in [2.05, 4.69) is 20.1 Å². The highest BCUT2D eigenvalue weighted by atomic mass is 32.2. The van der Waals surface area contributed by atoms with Gasteiger partial charge in [0.1, 0.15) is 22.2 Å². The van der Waals surface area contributed by atoms with Crippen molar-refractivity contribution >= 4 is 33.0 Å². The van der Waals surface area contributed by atoms with Gasteiger partial charge in [-0.1, -0.05) is 5.16 Å². The number of fused-ring (bicyclic) bond motifs is 1. The quantitative estimate of drug-likeness (QED) is 0.569. The number of hydrogen-bond donors (Lipinski definition) is 0. The molecule has 0 bridgehead atoms. The minimum absolute atomic E-state index is 0.155. The van der Waals surface area contributed by atoms with E-state index in [4.69, 9.17) is 9.25 Å². The van der Waals surface area contributed by atoms with Crippen molar-refractivity contribution in [1.82, 2.24) is 15.0 Å². The fraction of sp³-hybridized carbons (Fsp3) is 0.333. The van der Waals surface area contributed by atoms with E-state index < -0.39 is 10.0 Å². The SMILES string of the molecule is CCO/N=C1\CCN(S(C)(=O)=O)c2oc(-c3sc(-c4cccnc4)nc3C)nc21. The second-order valence-electron chi connectivity index (χ2n) is 6.39. The summed E-state index contributed by atoms with van der Waals surface area (Å²) in [4.78, 5) is 19.2. The second kappa shape index (κ2) is 7.56. The first-order chi connectivity index (χ1) is 13.9. The number of oxazole rings is 1. The van der Waals surface area contributed by atoms with Crippen LogP contribution in [0.4, 0.5) is 5.88 Å². The molecule has 0 saturated heterocycles. The molecule has 0 aliphatic carbocycles. The van der Waals surface area contributed by atoms with Crippen molar-refractivity contribution in [3.63, 3.8) is 0 Å². The van der Waals surface area contributed by atoms with Crippen molar-refractivity contribution in [3.8, 4) is 21.3 Å². The molecule has 0 atom stereocenters. The van der Waals surface area contributed by atoms with Gasteiger partial charge in [0.25, 0.3) is 0 Å². The smallest absolute Gasteiger partial charge is 0.241 e. The molecule has 3 aromatic rings. The molecule has 0 N–H and O–H groups in total. The molecule has 0 unspecified atom stereocenters. The Bertz CT molecular complexity index is 1170. The van der Waals surface area contributed by atoms with E-state index in [-0.39, 0.29) is 12.4 Å². The summed E-state index contributed by atoms with van der Waals surface area (Å²) in [6, 6.07) is 3.77. The molecule has 4 rings (SSSR count). The van der Waals surface area contributed by atoms with E-state index in [1.807, 2.05) is 26.0 Å². The van der Waals surface area contributed by atoms with Crippen molar-refractivity contribution in [2.45, 2.75) is 20.3 Å². The lowest BCUT2D eigenvalue weighted by atomic mass is 10.1. The molecule has 0 aromatic carbocycles. The maximum absolute atomic E-state index is 12.2. The maximum Gasteiger partial charge on any atom is 0.241 e. The number of anilines is 1. The molecule has 9 nitrogen and oxygen atoms in total. The van der Waals surface area contributed by atoms with Crippen LogP contribution >= 0.6 is 11.3 Å². The third-order valence-corrected chi connectivity index (χ3v) is 6.61. The first-order valence-electron chi connectivity index (χ1n) is 8.94. The Hall–Kier alpha value is -2.79. The summed E-state index contributed by atoms with van der Waals surface area (Å²) in [5.74, 6) is 0.461. The summed E-state index contributed by atoms with van der Waals surface area (Å²) in [5.41, 5.74) is 2.56. The van der Waals surface area contributed by atoms with E-state index >= 15 is 0 Å². The minimum atomic E-state index is -3.52. The number of rotatable bonds is 5. The van der Waals surface area contributed by atoms with Gasteiger partial charge in [-0.25, -0.2) is 22.7 Å². The zero-order valence-electron chi connectivity index (χ0n) is 16.1. The van der Waals surface area contributed by atoms with Crippen molar-refractivity contribution in [3.05, 3.63) is 35.9 Å². The van der Waals surface area contributed by atoms with Crippen LogP contribution in [0.1, 0.15) is 24.7 Å². The van der Waals surface area contributed by atoms with Crippen LogP contribution in [0.2, 0.25) is 0 Å². The molecule has 4 heterocycles. The Morgan fingerprint density at radius 2 is 2.21 bits per heavy atom. The molecule has 0 amide bonds. The number of pyridine rings is 1. The van der Waals surface area contributed by atoms with Gasteiger partial charge in [0.2, 0.25) is 21.8 Å². The lowest BCUT2D eigenvalue weighted by Crippen LogP contribution is -2.36. The van der Waals surface area contributed by atoms with E-state index in [0.717, 1.165) is 27.4 Å². The van der Waals surface area contributed by atoms with Gasteiger partial charge in [-0.2, -0.15) is 0 Å². The van der Waals surface area contributed by atoms with Gasteiger partial charge in [-0.3, -0.25) is 4.98 Å². The van der Waals surface area contributed by atoms with Crippen molar-refractivity contribution < 1.29 is 17.7 Å². The first kappa shape index (κ1) is 19.5. The van der Waals surface area contributed by atoms with Gasteiger partial charge in [-0.05, 0) is 26.0 Å². The van der Waals surface area contributed by atoms with E-state index in [0.29, 0.717) is 30.3 Å². The summed E-state index contributed by atoms with van der Waals surface area (Å²) in [7, 11) is -3.52. The predicted molar refractivity (Wildman–Crippen MR) is 111 cm³/mol. The summed E-state index contributed by atoms with van der Waals surface area (Å²) < 4.78 is 31.6. The Labute approximate surface area is 172 Å². The average molecular weight is 434 g/mol. The molecular formula is C18H19N5O4S2. The Morgan fingerprint density at radius 3 is 2.90 bits per heavy atom. The molecule has 1 aliphatic rings. The normalized spacial score (nSPS) is 15.6. The highest BCUT2D eigenvalue weighted by Crippen LogP contribution is 2.39. The van der Waals surface area contributed by atoms with Crippen molar-refractivity contribution in [1.29, 1.82) is 0 Å². The Morgan fingerprint density at radius 1 is 1.38 bits per heavy atom. The lowest BCUT2D eigenvalue weighted by Gasteiger charge is -2.24. The standard InChI is InChI=1S/C18H19N5O4S2/c1-4-26-22-13-7-9-23(29(3,24)25)18-14(13)21-16(27-18)15-11(2)20-17(28-15)12-6-5-8-19-10-12/h5-6,8,10H,4,7,9H2,1-3H3/b22-13+. The largest absolute Gasteiger partial charge is 0.418 e. The molecule has 0 spiro atoms. The summed E-state index contributed by atoms with van der Waals surface area (Å²) in [6.07, 6.45) is 4.96. The zero-order valence-corrected chi connectivity index (χ0v) is 17.7. The lowest BCUT2D eigenvalue weighted by molar-refractivity contribution is 0.158. The second-order valence-corrected chi connectivity index (χ2v) is 9.29. The van der Waals surface area contributed by atoms with Crippen molar-refractivity contribution in [2.75, 3.05) is 23.7 Å². The Balaban J connectivity index is 1.81. The maximum atomic E-state index is 12.2. The highest BCUT2D eigenvalue weighted by molar-refractivity contribution is 7.92. The zero-order chi connectivity index (χ0) is 20.6. The van der Waals surface area contributed by atoms with Crippen molar-refractivity contribution in [2.24, 2.45) is 5.16 Å². The van der Waals surface area contributed by atoms with Gasteiger partial charge in [0.05, 0.1) is 11.9 Å². The van der Waals surface area contributed by atoms with Crippen LogP contribution in [0, 0.1) is 6.92 Å². The van der Waals surface area contributed by atoms with Crippen LogP contribution in [0.5, 0.6) is 0 Å². The summed E-state index contributed by atoms with van der Waals surface area (Å²) in [5, 5.41) is 4.88. The number of thiazole rings is 1. The number of aromatic nitrogens is 3. The third-order valence-electron chi connectivity index (χ3n) is 4.26. The first-order valence-corrected chi connectivity index (χ1v) is 11.6. The number of aryl methyl sites for hydroxylation is 1. The third kappa shape index (κ3) is 3.75. The van der Waals surface area contributed by atoms with Crippen LogP contribution in [0.3, 0.4) is 0 Å². The van der Waals surface area contributed by atoms with Crippen LogP contribution in [-0.2, 0) is 14.9 Å². The van der Waals surface area contributed by atoms with Crippen LogP contribution in [-0.4, -0.2) is 48.5 Å². The monoisotopic (exact) mass is 433 g/mol. The fourth-order valence-corrected chi connectivity index (χ4v) is 4.78. The number of sulfonamides is 1. The molecule has 11 heteroatoms. The van der Waals surface area contributed by atoms with E-state index in [1.54, 1.807) is 12.4 Å². The molecule has 29 heavy (non-hydrogen) atoms. The Kier molecular flexibility index (Phi) is 5.09. The number of oxime groups is 1. The van der Waals surface area contributed by atoms with Crippen LogP contribution in [0.15, 0.2) is 34.1 Å². The van der Waals surface area contributed by atoms with Gasteiger partial charge in [0, 0.05) is 30.9 Å². The topological polar surface area (TPSA) is 111 Å². The van der Waals surface area contributed by atoms with Gasteiger partial charge in [-0.15, -0.1) is 11.3 Å². The van der Waals surface area contributed by atoms with Gasteiger partial charge < -0.3 is 9.25 Å². The highest BCUT2D eigenvalue weighted by Gasteiger charge is 2.34. The number of hydrogen-bond acceptors (Lipinski definition) is 9. The molecular weight excluding hydrogens is 414 g/mol. The molecule has 152 valence electrons. The molecule has 1 aliphatic heterocycles. The fourth-order valence-electron chi connectivity index (χ4n) is 2.95. The molecule has 0 saturated carbocycles. The average Bonchev–Trinajstić information content (AvgIpc) is 3.29.